The lowest BCUT2D eigenvalue weighted by atomic mass is 9.99. The molecular weight excluding hydrogens is 660 g/mol. The second-order valence-electron chi connectivity index (χ2n) is 11.1. The molecule has 3 heterocycles. The third kappa shape index (κ3) is 6.25. The molecule has 0 bridgehead atoms. The van der Waals surface area contributed by atoms with Crippen LogP contribution in [0.15, 0.2) is 83.7 Å². The fourth-order valence-electron chi connectivity index (χ4n) is 5.68. The van der Waals surface area contributed by atoms with Crippen LogP contribution in [0, 0.1) is 12.7 Å². The Hall–Kier alpha value is -4.97. The number of likely N-dealkylation sites (tertiary alicyclic amines) is 1. The Kier molecular flexibility index (Phi) is 8.63. The Bertz CT molecular complexity index is 1980. The molecular formula is C34H28BrF2N5O4. The number of aryl methyl sites for hydroxylation is 1. The predicted octanol–water partition coefficient (Wildman–Crippen LogP) is 6.88. The Labute approximate surface area is 271 Å². The molecule has 0 aliphatic carbocycles. The Balaban J connectivity index is 1.22. The number of rotatable bonds is 8. The van der Waals surface area contributed by atoms with Gasteiger partial charge in [-0.3, -0.25) is 14.4 Å². The number of amides is 2. The highest BCUT2D eigenvalue weighted by Gasteiger charge is 2.40. The van der Waals surface area contributed by atoms with Crippen molar-refractivity contribution in [1.29, 1.82) is 0 Å². The Morgan fingerprint density at radius 1 is 1.04 bits per heavy atom. The van der Waals surface area contributed by atoms with Gasteiger partial charge < -0.3 is 19.5 Å². The van der Waals surface area contributed by atoms with Crippen molar-refractivity contribution >= 4 is 50.1 Å². The standard InChI is InChI=1S/C34H28BrF2N5O4/c1-19-6-3-4-7-24(19)25-8-5-9-28(32(25)37)40-33(45)30-12-22(36)16-42(30)31(44)18-41-17-27(20(2)43)26-13-23(10-11-29(26)41)46-34-38-14-21(35)15-39-34/h3-11,13-15,17,22,30H,12,16,18H2,1-2H3,(H,40,45)/t22-,30+/m1/s1. The van der Waals surface area contributed by atoms with Crippen molar-refractivity contribution in [2.24, 2.45) is 0 Å². The highest BCUT2D eigenvalue weighted by molar-refractivity contribution is 9.10. The van der Waals surface area contributed by atoms with Crippen LogP contribution in [0.1, 0.15) is 29.3 Å². The molecule has 1 fully saturated rings. The molecule has 2 amide bonds. The van der Waals surface area contributed by atoms with Crippen molar-refractivity contribution in [3.05, 3.63) is 101 Å². The first-order valence-electron chi connectivity index (χ1n) is 14.5. The third-order valence-corrected chi connectivity index (χ3v) is 8.32. The molecule has 5 aromatic rings. The van der Waals surface area contributed by atoms with Crippen LogP contribution in [-0.4, -0.2) is 55.8 Å². The van der Waals surface area contributed by atoms with E-state index >= 15 is 4.39 Å². The lowest BCUT2D eigenvalue weighted by molar-refractivity contribution is -0.137. The Morgan fingerprint density at radius 3 is 2.52 bits per heavy atom. The number of ketones is 1. The number of fused-ring (bicyclic) bond motifs is 1. The summed E-state index contributed by atoms with van der Waals surface area (Å²) in [6.45, 7) is 2.73. The summed E-state index contributed by atoms with van der Waals surface area (Å²) in [5, 5.41) is 3.12. The number of aromatic nitrogens is 3. The second kappa shape index (κ2) is 12.8. The summed E-state index contributed by atoms with van der Waals surface area (Å²) in [4.78, 5) is 48.9. The van der Waals surface area contributed by atoms with Gasteiger partial charge in [-0.2, -0.15) is 0 Å². The summed E-state index contributed by atoms with van der Waals surface area (Å²) in [6.07, 6.45) is 2.97. The van der Waals surface area contributed by atoms with E-state index in [1.165, 1.54) is 30.3 Å². The molecule has 6 rings (SSSR count). The number of nitrogens with one attached hydrogen (secondary N) is 1. The van der Waals surface area contributed by atoms with Gasteiger partial charge >= 0.3 is 6.01 Å². The van der Waals surface area contributed by atoms with Crippen LogP contribution >= 0.6 is 15.9 Å². The van der Waals surface area contributed by atoms with Crippen molar-refractivity contribution in [2.75, 3.05) is 11.9 Å². The largest absolute Gasteiger partial charge is 0.424 e. The molecule has 1 aliphatic heterocycles. The molecule has 46 heavy (non-hydrogen) atoms. The van der Waals surface area contributed by atoms with Gasteiger partial charge in [0.15, 0.2) is 11.6 Å². The van der Waals surface area contributed by atoms with Gasteiger partial charge in [0.1, 0.15) is 24.5 Å². The van der Waals surface area contributed by atoms with Crippen molar-refractivity contribution in [2.45, 2.75) is 39.0 Å². The van der Waals surface area contributed by atoms with Crippen LogP contribution in [0.3, 0.4) is 0 Å². The first-order chi connectivity index (χ1) is 22.1. The highest BCUT2D eigenvalue weighted by Crippen LogP contribution is 2.32. The normalized spacial score (nSPS) is 16.1. The number of halogens is 3. The number of ether oxygens (including phenoxy) is 1. The van der Waals surface area contributed by atoms with Gasteiger partial charge in [-0.25, -0.2) is 18.7 Å². The van der Waals surface area contributed by atoms with E-state index in [9.17, 15) is 18.8 Å². The summed E-state index contributed by atoms with van der Waals surface area (Å²) >= 11 is 3.27. The number of hydrogen-bond acceptors (Lipinski definition) is 6. The molecule has 2 atom stereocenters. The summed E-state index contributed by atoms with van der Waals surface area (Å²) in [6, 6.07) is 16.0. The van der Waals surface area contributed by atoms with E-state index in [1.54, 1.807) is 53.2 Å². The van der Waals surface area contributed by atoms with E-state index in [0.717, 1.165) is 5.56 Å². The molecule has 0 radical (unpaired) electrons. The summed E-state index contributed by atoms with van der Waals surface area (Å²) < 4.78 is 38.3. The van der Waals surface area contributed by atoms with Crippen molar-refractivity contribution < 1.29 is 27.9 Å². The smallest absolute Gasteiger partial charge is 0.321 e. The van der Waals surface area contributed by atoms with E-state index in [2.05, 4.69) is 31.2 Å². The molecule has 0 spiro atoms. The quantitative estimate of drug-likeness (QED) is 0.178. The number of alkyl halides is 1. The number of carbonyl (C=O) groups excluding carboxylic acids is 3. The SMILES string of the molecule is CC(=O)c1cn(CC(=O)N2C[C@H](F)C[C@H]2C(=O)Nc2cccc(-c3ccccc3C)c2F)c2ccc(Oc3ncc(Br)cn3)cc12. The summed E-state index contributed by atoms with van der Waals surface area (Å²) in [5.41, 5.74) is 2.72. The molecule has 9 nitrogen and oxygen atoms in total. The number of anilines is 1. The lowest BCUT2D eigenvalue weighted by Crippen LogP contribution is -2.44. The zero-order valence-electron chi connectivity index (χ0n) is 24.8. The van der Waals surface area contributed by atoms with Gasteiger partial charge in [0.2, 0.25) is 11.8 Å². The molecule has 234 valence electrons. The molecule has 2 aromatic heterocycles. The van der Waals surface area contributed by atoms with Crippen LogP contribution in [0.4, 0.5) is 14.5 Å². The van der Waals surface area contributed by atoms with Gasteiger partial charge in [0.05, 0.1) is 16.7 Å². The van der Waals surface area contributed by atoms with Crippen LogP contribution in [0.2, 0.25) is 0 Å². The van der Waals surface area contributed by atoms with Gasteiger partial charge in [0.25, 0.3) is 0 Å². The average molecular weight is 689 g/mol. The van der Waals surface area contributed by atoms with E-state index in [0.29, 0.717) is 37.8 Å². The van der Waals surface area contributed by atoms with E-state index in [-0.39, 0.29) is 37.0 Å². The maximum atomic E-state index is 15.6. The monoisotopic (exact) mass is 687 g/mol. The van der Waals surface area contributed by atoms with Gasteiger partial charge in [0, 0.05) is 47.0 Å². The minimum absolute atomic E-state index is 0.0606. The number of nitrogens with zero attached hydrogens (tertiary/aromatic N) is 4. The first kappa shape index (κ1) is 31.0. The topological polar surface area (TPSA) is 106 Å². The number of hydrogen-bond donors (Lipinski definition) is 1. The zero-order chi connectivity index (χ0) is 32.5. The Morgan fingerprint density at radius 2 is 1.78 bits per heavy atom. The third-order valence-electron chi connectivity index (χ3n) is 7.91. The molecule has 3 aromatic carbocycles. The summed E-state index contributed by atoms with van der Waals surface area (Å²) in [7, 11) is 0. The second-order valence-corrected chi connectivity index (χ2v) is 12.0. The molecule has 1 N–H and O–H groups in total. The van der Waals surface area contributed by atoms with Gasteiger partial charge in [-0.15, -0.1) is 0 Å². The lowest BCUT2D eigenvalue weighted by Gasteiger charge is -2.24. The number of benzene rings is 3. The molecule has 1 aliphatic rings. The maximum absolute atomic E-state index is 15.6. The highest BCUT2D eigenvalue weighted by atomic mass is 79.9. The number of Topliss-reactive ketones (excluding diaryl/α,β-unsaturated/α-hetero) is 1. The molecule has 1 saturated heterocycles. The molecule has 12 heteroatoms. The minimum atomic E-state index is -1.43. The van der Waals surface area contributed by atoms with Crippen molar-refractivity contribution in [1.82, 2.24) is 19.4 Å². The molecule has 0 unspecified atom stereocenters. The van der Waals surface area contributed by atoms with Crippen LogP contribution in [-0.2, 0) is 16.1 Å². The first-order valence-corrected chi connectivity index (χ1v) is 15.3. The number of carbonyl (C=O) groups is 3. The van der Waals surface area contributed by atoms with E-state index in [4.69, 9.17) is 4.74 Å². The van der Waals surface area contributed by atoms with Crippen molar-refractivity contribution in [3.8, 4) is 22.9 Å². The fraction of sp³-hybridized carbons (Fsp3) is 0.206. The fourth-order valence-corrected chi connectivity index (χ4v) is 5.89. The van der Waals surface area contributed by atoms with Crippen molar-refractivity contribution in [3.63, 3.8) is 0 Å². The van der Waals surface area contributed by atoms with Crippen LogP contribution < -0.4 is 10.1 Å². The minimum Gasteiger partial charge on any atom is -0.424 e. The van der Waals surface area contributed by atoms with Gasteiger partial charge in [-0.05, 0) is 65.2 Å². The summed E-state index contributed by atoms with van der Waals surface area (Å²) in [5.74, 6) is -1.68. The maximum Gasteiger partial charge on any atom is 0.321 e. The zero-order valence-corrected chi connectivity index (χ0v) is 26.4. The predicted molar refractivity (Wildman–Crippen MR) is 172 cm³/mol. The van der Waals surface area contributed by atoms with Crippen LogP contribution in [0.5, 0.6) is 11.8 Å². The molecule has 0 saturated carbocycles. The van der Waals surface area contributed by atoms with Crippen LogP contribution in [0.25, 0.3) is 22.0 Å². The average Bonchev–Trinajstić information content (AvgIpc) is 3.60. The van der Waals surface area contributed by atoms with Gasteiger partial charge in [-0.1, -0.05) is 36.4 Å². The van der Waals surface area contributed by atoms with E-state index in [1.807, 2.05) is 19.1 Å². The van der Waals surface area contributed by atoms with E-state index < -0.39 is 29.8 Å².